The van der Waals surface area contributed by atoms with Gasteiger partial charge in [-0.1, -0.05) is 65.8 Å². The number of carbonyl (C=O) groups excluding carboxylic acids is 1. The summed E-state index contributed by atoms with van der Waals surface area (Å²) < 4.78 is 21.2. The van der Waals surface area contributed by atoms with E-state index in [-0.39, 0.29) is 23.3 Å². The van der Waals surface area contributed by atoms with Crippen LogP contribution in [0.15, 0.2) is 78.5 Å². The number of halogens is 2. The highest BCUT2D eigenvalue weighted by Crippen LogP contribution is 2.26. The van der Waals surface area contributed by atoms with Crippen LogP contribution in [0.3, 0.4) is 0 Å². The number of nitrogens with one attached hydrogen (secondary N) is 1. The molecule has 0 fully saturated rings. The number of nitrogens with zero attached hydrogens (tertiary/aromatic N) is 3. The summed E-state index contributed by atoms with van der Waals surface area (Å²) >= 11 is 6.99. The standard InChI is InChI=1S/C24H20ClFN4O2S/c1-2-12-30-22(14-32-21-9-5-7-16-6-3-4-8-18(16)21)28-29-24(30)33-15-23(31)27-17-10-11-20(26)19(25)13-17/h2-11,13H,1,12,14-15H2,(H,27,31). The first-order valence-corrected chi connectivity index (χ1v) is 11.4. The summed E-state index contributed by atoms with van der Waals surface area (Å²) in [5, 5.41) is 13.8. The lowest BCUT2D eigenvalue weighted by molar-refractivity contribution is -0.113. The highest BCUT2D eigenvalue weighted by molar-refractivity contribution is 7.99. The predicted molar refractivity (Wildman–Crippen MR) is 129 cm³/mol. The Morgan fingerprint density at radius 3 is 2.82 bits per heavy atom. The molecule has 0 aliphatic rings. The van der Waals surface area contributed by atoms with Crippen LogP contribution in [-0.2, 0) is 17.9 Å². The Morgan fingerprint density at radius 1 is 1.18 bits per heavy atom. The van der Waals surface area contributed by atoms with Gasteiger partial charge in [-0.15, -0.1) is 16.8 Å². The highest BCUT2D eigenvalue weighted by Gasteiger charge is 2.15. The first-order chi connectivity index (χ1) is 16.0. The SMILES string of the molecule is C=CCn1c(COc2cccc3ccccc23)nnc1SCC(=O)Nc1ccc(F)c(Cl)c1. The first-order valence-electron chi connectivity index (χ1n) is 10.1. The van der Waals surface area contributed by atoms with E-state index in [0.29, 0.717) is 23.2 Å². The van der Waals surface area contributed by atoms with E-state index in [1.54, 1.807) is 6.08 Å². The van der Waals surface area contributed by atoms with Crippen LogP contribution in [-0.4, -0.2) is 26.4 Å². The lowest BCUT2D eigenvalue weighted by Crippen LogP contribution is -2.15. The molecule has 0 unspecified atom stereocenters. The van der Waals surface area contributed by atoms with Crippen molar-refractivity contribution in [2.75, 3.05) is 11.1 Å². The Kier molecular flexibility index (Phi) is 7.26. The maximum absolute atomic E-state index is 13.3. The van der Waals surface area contributed by atoms with E-state index in [1.165, 1.54) is 30.0 Å². The third kappa shape index (κ3) is 5.53. The Bertz CT molecular complexity index is 1310. The van der Waals surface area contributed by atoms with Crippen LogP contribution in [0.2, 0.25) is 5.02 Å². The Hall–Kier alpha value is -3.36. The molecule has 33 heavy (non-hydrogen) atoms. The fourth-order valence-corrected chi connectivity index (χ4v) is 4.16. The van der Waals surface area contributed by atoms with Gasteiger partial charge in [0, 0.05) is 17.6 Å². The number of allylic oxidation sites excluding steroid dienone is 1. The van der Waals surface area contributed by atoms with Gasteiger partial charge < -0.3 is 10.1 Å². The highest BCUT2D eigenvalue weighted by atomic mass is 35.5. The quantitative estimate of drug-likeness (QED) is 0.244. The van der Waals surface area contributed by atoms with E-state index >= 15 is 0 Å². The molecule has 168 valence electrons. The van der Waals surface area contributed by atoms with Crippen LogP contribution in [0.1, 0.15) is 5.82 Å². The third-order valence-corrected chi connectivity index (χ3v) is 6.00. The molecule has 4 rings (SSSR count). The minimum atomic E-state index is -0.542. The van der Waals surface area contributed by atoms with Crippen molar-refractivity contribution >= 4 is 45.7 Å². The van der Waals surface area contributed by atoms with Gasteiger partial charge in [-0.25, -0.2) is 4.39 Å². The summed E-state index contributed by atoms with van der Waals surface area (Å²) in [6.45, 7) is 4.48. The van der Waals surface area contributed by atoms with Gasteiger partial charge in [0.2, 0.25) is 5.91 Å². The molecule has 0 bridgehead atoms. The molecule has 1 amide bonds. The van der Waals surface area contributed by atoms with Crippen LogP contribution in [0, 0.1) is 5.82 Å². The maximum atomic E-state index is 13.3. The largest absolute Gasteiger partial charge is 0.485 e. The van der Waals surface area contributed by atoms with Gasteiger partial charge in [0.15, 0.2) is 11.0 Å². The van der Waals surface area contributed by atoms with Crippen LogP contribution in [0.5, 0.6) is 5.75 Å². The van der Waals surface area contributed by atoms with Gasteiger partial charge in [0.25, 0.3) is 0 Å². The van der Waals surface area contributed by atoms with Crippen molar-refractivity contribution in [2.24, 2.45) is 0 Å². The number of hydrogen-bond donors (Lipinski definition) is 1. The second kappa shape index (κ2) is 10.5. The number of hydrogen-bond acceptors (Lipinski definition) is 5. The number of thioether (sulfide) groups is 1. The van der Waals surface area contributed by atoms with E-state index in [9.17, 15) is 9.18 Å². The molecule has 4 aromatic rings. The van der Waals surface area contributed by atoms with Crippen molar-refractivity contribution in [1.29, 1.82) is 0 Å². The molecule has 1 N–H and O–H groups in total. The fourth-order valence-electron chi connectivity index (χ4n) is 3.21. The number of amides is 1. The molecular formula is C24H20ClFN4O2S. The molecule has 0 atom stereocenters. The van der Waals surface area contributed by atoms with E-state index in [2.05, 4.69) is 22.1 Å². The summed E-state index contributed by atoms with van der Waals surface area (Å²) in [6, 6.07) is 17.9. The zero-order chi connectivity index (χ0) is 23.2. The average molecular weight is 483 g/mol. The molecule has 0 radical (unpaired) electrons. The maximum Gasteiger partial charge on any atom is 0.234 e. The van der Waals surface area contributed by atoms with Crippen molar-refractivity contribution in [3.63, 3.8) is 0 Å². The molecule has 6 nitrogen and oxygen atoms in total. The summed E-state index contributed by atoms with van der Waals surface area (Å²) in [5.74, 6) is 0.655. The molecule has 1 heterocycles. The van der Waals surface area contributed by atoms with Gasteiger partial charge in [-0.3, -0.25) is 9.36 Å². The minimum absolute atomic E-state index is 0.0537. The molecule has 0 saturated carbocycles. The van der Waals surface area contributed by atoms with Gasteiger partial charge in [0.1, 0.15) is 18.2 Å². The second-order valence-corrected chi connectivity index (χ2v) is 8.38. The zero-order valence-corrected chi connectivity index (χ0v) is 19.1. The lowest BCUT2D eigenvalue weighted by Gasteiger charge is -2.11. The molecule has 0 saturated heterocycles. The van der Waals surface area contributed by atoms with E-state index in [0.717, 1.165) is 16.5 Å². The predicted octanol–water partition coefficient (Wildman–Crippen LogP) is 5.72. The number of ether oxygens (including phenoxy) is 1. The van der Waals surface area contributed by atoms with Gasteiger partial charge in [-0.2, -0.15) is 0 Å². The molecule has 3 aromatic carbocycles. The smallest absolute Gasteiger partial charge is 0.234 e. The Morgan fingerprint density at radius 2 is 2.00 bits per heavy atom. The van der Waals surface area contributed by atoms with Crippen molar-refractivity contribution in [2.45, 2.75) is 18.3 Å². The van der Waals surface area contributed by atoms with E-state index in [1.807, 2.05) is 47.0 Å². The average Bonchev–Trinajstić information content (AvgIpc) is 3.20. The zero-order valence-electron chi connectivity index (χ0n) is 17.5. The van der Waals surface area contributed by atoms with Crippen LogP contribution in [0.4, 0.5) is 10.1 Å². The summed E-state index contributed by atoms with van der Waals surface area (Å²) in [6.07, 6.45) is 1.73. The first kappa shape index (κ1) is 22.8. The lowest BCUT2D eigenvalue weighted by atomic mass is 10.1. The van der Waals surface area contributed by atoms with E-state index in [4.69, 9.17) is 16.3 Å². The monoisotopic (exact) mass is 482 g/mol. The summed E-state index contributed by atoms with van der Waals surface area (Å²) in [5.41, 5.74) is 0.420. The molecule has 0 aliphatic carbocycles. The van der Waals surface area contributed by atoms with Crippen molar-refractivity contribution in [3.8, 4) is 5.75 Å². The number of anilines is 1. The van der Waals surface area contributed by atoms with E-state index < -0.39 is 5.82 Å². The number of fused-ring (bicyclic) bond motifs is 1. The fraction of sp³-hybridized carbons (Fsp3) is 0.125. The topological polar surface area (TPSA) is 69.0 Å². The number of carbonyl (C=O) groups is 1. The summed E-state index contributed by atoms with van der Waals surface area (Å²) in [7, 11) is 0. The molecular weight excluding hydrogens is 463 g/mol. The van der Waals surface area contributed by atoms with Crippen LogP contribution >= 0.6 is 23.4 Å². The van der Waals surface area contributed by atoms with Crippen molar-refractivity contribution in [3.05, 3.63) is 90.0 Å². The number of rotatable bonds is 9. The van der Waals surface area contributed by atoms with Crippen molar-refractivity contribution in [1.82, 2.24) is 14.8 Å². The molecule has 1 aromatic heterocycles. The minimum Gasteiger partial charge on any atom is -0.485 e. The normalized spacial score (nSPS) is 10.8. The Balaban J connectivity index is 1.42. The second-order valence-electron chi connectivity index (χ2n) is 7.03. The summed E-state index contributed by atoms with van der Waals surface area (Å²) in [4.78, 5) is 12.3. The number of benzene rings is 3. The molecule has 0 spiro atoms. The van der Waals surface area contributed by atoms with Crippen LogP contribution in [0.25, 0.3) is 10.8 Å². The van der Waals surface area contributed by atoms with Crippen molar-refractivity contribution < 1.29 is 13.9 Å². The molecule has 0 aliphatic heterocycles. The van der Waals surface area contributed by atoms with Crippen LogP contribution < -0.4 is 10.1 Å². The van der Waals surface area contributed by atoms with Gasteiger partial charge >= 0.3 is 0 Å². The molecule has 9 heteroatoms. The van der Waals surface area contributed by atoms with Gasteiger partial charge in [0.05, 0.1) is 10.8 Å². The number of aromatic nitrogens is 3. The van der Waals surface area contributed by atoms with Gasteiger partial charge in [-0.05, 0) is 29.7 Å². The third-order valence-electron chi connectivity index (χ3n) is 4.75. The Labute approximate surface area is 199 Å².